The van der Waals surface area contributed by atoms with Crippen LogP contribution >= 0.6 is 12.2 Å². The normalized spacial score (nSPS) is 13.7. The lowest BCUT2D eigenvalue weighted by atomic mass is 10.2. The third kappa shape index (κ3) is 4.91. The number of aromatic nitrogens is 4. The van der Waals surface area contributed by atoms with Gasteiger partial charge in [-0.25, -0.2) is 4.68 Å². The van der Waals surface area contributed by atoms with E-state index in [1.165, 1.54) is 7.11 Å². The highest BCUT2D eigenvalue weighted by Gasteiger charge is 2.29. The molecule has 2 aromatic heterocycles. The Bertz CT molecular complexity index is 1100. The molecule has 10 heteroatoms. The van der Waals surface area contributed by atoms with Gasteiger partial charge in [0.2, 0.25) is 0 Å². The Balaban J connectivity index is 1.54. The van der Waals surface area contributed by atoms with Crippen molar-refractivity contribution in [2.24, 2.45) is 0 Å². The number of ether oxygens (including phenoxy) is 2. The van der Waals surface area contributed by atoms with Crippen LogP contribution in [0, 0.1) is 4.77 Å². The van der Waals surface area contributed by atoms with E-state index < -0.39 is 6.61 Å². The predicted molar refractivity (Wildman–Crippen MR) is 114 cm³/mol. The second-order valence-electron chi connectivity index (χ2n) is 7.47. The molecule has 7 nitrogen and oxygen atoms in total. The van der Waals surface area contributed by atoms with Crippen molar-refractivity contribution in [3.05, 3.63) is 53.1 Å². The van der Waals surface area contributed by atoms with Gasteiger partial charge in [0.25, 0.3) is 0 Å². The Kier molecular flexibility index (Phi) is 6.28. The molecule has 0 amide bonds. The Morgan fingerprint density at radius 2 is 2.06 bits per heavy atom. The molecule has 0 saturated heterocycles. The number of methoxy groups -OCH3 is 1. The summed E-state index contributed by atoms with van der Waals surface area (Å²) in [5, 5.41) is 4.76. The van der Waals surface area contributed by atoms with Crippen molar-refractivity contribution >= 4 is 12.2 Å². The lowest BCUT2D eigenvalue weighted by Crippen LogP contribution is -2.22. The molecular weight excluding hydrogens is 424 g/mol. The first-order valence-corrected chi connectivity index (χ1v) is 10.3. The fraction of sp³-hybridized carbons (Fsp3) is 0.381. The molecule has 4 rings (SSSR count). The molecule has 1 saturated carbocycles. The van der Waals surface area contributed by atoms with Crippen molar-refractivity contribution in [2.75, 3.05) is 14.2 Å². The molecule has 0 radical (unpaired) electrons. The summed E-state index contributed by atoms with van der Waals surface area (Å²) in [4.78, 5) is 6.20. The number of rotatable bonds is 9. The summed E-state index contributed by atoms with van der Waals surface area (Å²) >= 11 is 5.71. The van der Waals surface area contributed by atoms with Crippen molar-refractivity contribution in [1.82, 2.24) is 24.2 Å². The first-order valence-electron chi connectivity index (χ1n) is 9.86. The summed E-state index contributed by atoms with van der Waals surface area (Å²) in [6.07, 6.45) is 5.68. The number of hydrogen-bond donors (Lipinski definition) is 0. The molecule has 0 atom stereocenters. The Morgan fingerprint density at radius 3 is 2.71 bits per heavy atom. The number of nitrogens with zero attached hydrogens (tertiary/aromatic N) is 5. The molecule has 0 unspecified atom stereocenters. The molecule has 1 aliphatic carbocycles. The Labute approximate surface area is 183 Å². The molecule has 0 spiro atoms. The van der Waals surface area contributed by atoms with Crippen molar-refractivity contribution in [3.63, 3.8) is 0 Å². The fourth-order valence-electron chi connectivity index (χ4n) is 3.46. The SMILES string of the molecule is COc1ccc(CN(C)Cn2nc(-c3cccnc3)n(C3CC3)c2=S)cc1OC(F)F. The minimum absolute atomic E-state index is 0.0110. The van der Waals surface area contributed by atoms with Crippen molar-refractivity contribution in [1.29, 1.82) is 0 Å². The number of pyridine rings is 1. The first-order chi connectivity index (χ1) is 15.0. The molecular formula is C21H23F2N5O2S. The maximum atomic E-state index is 12.7. The molecule has 0 N–H and O–H groups in total. The summed E-state index contributed by atoms with van der Waals surface area (Å²) in [6.45, 7) is -1.98. The van der Waals surface area contributed by atoms with E-state index in [1.54, 1.807) is 29.2 Å². The quantitative estimate of drug-likeness (QED) is 0.450. The van der Waals surface area contributed by atoms with Gasteiger partial charge in [0.05, 0.1) is 13.8 Å². The number of hydrogen-bond acceptors (Lipinski definition) is 6. The number of halogens is 2. The summed E-state index contributed by atoms with van der Waals surface area (Å²) in [6, 6.07) is 9.22. The molecule has 1 fully saturated rings. The van der Waals surface area contributed by atoms with Gasteiger partial charge >= 0.3 is 6.61 Å². The van der Waals surface area contributed by atoms with E-state index in [4.69, 9.17) is 22.1 Å². The predicted octanol–water partition coefficient (Wildman–Crippen LogP) is 4.51. The smallest absolute Gasteiger partial charge is 0.387 e. The zero-order chi connectivity index (χ0) is 22.0. The lowest BCUT2D eigenvalue weighted by molar-refractivity contribution is -0.0512. The minimum atomic E-state index is -2.92. The molecule has 1 aliphatic rings. The van der Waals surface area contributed by atoms with Crippen LogP contribution in [-0.2, 0) is 13.2 Å². The van der Waals surface area contributed by atoms with E-state index in [0.717, 1.165) is 29.8 Å². The van der Waals surface area contributed by atoms with Crippen LogP contribution in [0.25, 0.3) is 11.4 Å². The monoisotopic (exact) mass is 447 g/mol. The van der Waals surface area contributed by atoms with Crippen LogP contribution in [0.4, 0.5) is 8.78 Å². The van der Waals surface area contributed by atoms with E-state index in [9.17, 15) is 8.78 Å². The van der Waals surface area contributed by atoms with Gasteiger partial charge in [0, 0.05) is 30.5 Å². The van der Waals surface area contributed by atoms with Gasteiger partial charge in [-0.15, -0.1) is 0 Å². The summed E-state index contributed by atoms with van der Waals surface area (Å²) in [5.74, 6) is 1.08. The second kappa shape index (κ2) is 9.11. The number of alkyl halides is 2. The Morgan fingerprint density at radius 1 is 1.26 bits per heavy atom. The average molecular weight is 448 g/mol. The van der Waals surface area contributed by atoms with Gasteiger partial charge in [-0.1, -0.05) is 6.07 Å². The van der Waals surface area contributed by atoms with Crippen LogP contribution in [0.2, 0.25) is 0 Å². The highest BCUT2D eigenvalue weighted by molar-refractivity contribution is 7.71. The lowest BCUT2D eigenvalue weighted by Gasteiger charge is -2.18. The summed E-state index contributed by atoms with van der Waals surface area (Å²) in [7, 11) is 3.33. The van der Waals surface area contributed by atoms with Crippen LogP contribution in [0.15, 0.2) is 42.7 Å². The van der Waals surface area contributed by atoms with E-state index in [0.29, 0.717) is 24.0 Å². The van der Waals surface area contributed by atoms with Gasteiger partial charge in [-0.05, 0) is 61.9 Å². The zero-order valence-electron chi connectivity index (χ0n) is 17.2. The van der Waals surface area contributed by atoms with Crippen molar-refractivity contribution in [3.8, 4) is 22.9 Å². The minimum Gasteiger partial charge on any atom is -0.493 e. The fourth-order valence-corrected chi connectivity index (χ4v) is 3.80. The van der Waals surface area contributed by atoms with E-state index in [-0.39, 0.29) is 11.5 Å². The van der Waals surface area contributed by atoms with Crippen LogP contribution in [0.5, 0.6) is 11.5 Å². The second-order valence-corrected chi connectivity index (χ2v) is 7.83. The van der Waals surface area contributed by atoms with Crippen molar-refractivity contribution in [2.45, 2.75) is 38.7 Å². The molecule has 31 heavy (non-hydrogen) atoms. The third-order valence-corrected chi connectivity index (χ3v) is 5.38. The van der Waals surface area contributed by atoms with Gasteiger partial charge in [0.15, 0.2) is 22.1 Å². The highest BCUT2D eigenvalue weighted by atomic mass is 32.1. The number of benzene rings is 1. The zero-order valence-corrected chi connectivity index (χ0v) is 18.1. The van der Waals surface area contributed by atoms with Gasteiger partial charge in [0.1, 0.15) is 0 Å². The first kappa shape index (κ1) is 21.4. The van der Waals surface area contributed by atoms with Crippen LogP contribution in [-0.4, -0.2) is 45.0 Å². The Hall–Kier alpha value is -2.85. The van der Waals surface area contributed by atoms with Crippen LogP contribution in [0.3, 0.4) is 0 Å². The third-order valence-electron chi connectivity index (χ3n) is 4.97. The van der Waals surface area contributed by atoms with Crippen LogP contribution in [0.1, 0.15) is 24.4 Å². The topological polar surface area (TPSA) is 57.3 Å². The summed E-state index contributed by atoms with van der Waals surface area (Å²) in [5.41, 5.74) is 1.73. The van der Waals surface area contributed by atoms with E-state index in [1.807, 2.05) is 30.1 Å². The van der Waals surface area contributed by atoms with E-state index >= 15 is 0 Å². The van der Waals surface area contributed by atoms with Crippen LogP contribution < -0.4 is 9.47 Å². The largest absolute Gasteiger partial charge is 0.493 e. The standard InChI is InChI=1S/C21H23F2N5O2S/c1-26(12-14-5-8-17(29-2)18(10-14)30-20(22)23)13-27-21(31)28(16-6-7-16)19(25-27)15-4-3-9-24-11-15/h3-5,8-11,16,20H,6-7,12-13H2,1-2H3. The molecule has 164 valence electrons. The molecule has 3 aromatic rings. The highest BCUT2D eigenvalue weighted by Crippen LogP contribution is 2.38. The average Bonchev–Trinajstić information content (AvgIpc) is 3.53. The molecule has 0 bridgehead atoms. The maximum Gasteiger partial charge on any atom is 0.387 e. The van der Waals surface area contributed by atoms with Crippen molar-refractivity contribution < 1.29 is 18.3 Å². The van der Waals surface area contributed by atoms with Gasteiger partial charge < -0.3 is 9.47 Å². The van der Waals surface area contributed by atoms with E-state index in [2.05, 4.69) is 14.3 Å². The van der Waals surface area contributed by atoms with Gasteiger partial charge in [-0.2, -0.15) is 13.9 Å². The molecule has 2 heterocycles. The maximum absolute atomic E-state index is 12.7. The molecule has 0 aliphatic heterocycles. The van der Waals surface area contributed by atoms with Gasteiger partial charge in [-0.3, -0.25) is 14.5 Å². The summed E-state index contributed by atoms with van der Waals surface area (Å²) < 4.78 is 39.6. The molecule has 1 aromatic carbocycles.